The summed E-state index contributed by atoms with van der Waals surface area (Å²) in [5.74, 6) is 3.37. The van der Waals surface area contributed by atoms with Crippen LogP contribution in [-0.4, -0.2) is 16.2 Å². The van der Waals surface area contributed by atoms with Gasteiger partial charge in [-0.3, -0.25) is 4.57 Å². The second-order valence-electron chi connectivity index (χ2n) is 19.5. The lowest BCUT2D eigenvalue weighted by atomic mass is 9.88. The first-order valence-corrected chi connectivity index (χ1v) is 25.0. The molecular weight excluding hydrogens is 917 g/mol. The van der Waals surface area contributed by atoms with E-state index in [-0.39, 0.29) is 64.1 Å². The molecule has 0 amide bonds. The van der Waals surface area contributed by atoms with Crippen LogP contribution in [0, 0.1) is 0 Å². The van der Waals surface area contributed by atoms with E-state index in [2.05, 4.69) is 53.7 Å². The number of hydrogen-bond donors (Lipinski definition) is 0. The van der Waals surface area contributed by atoms with Crippen LogP contribution >= 0.6 is 0 Å². The number of ether oxygens (including phenoxy) is 2. The Kier molecular flexibility index (Phi) is 8.75. The second kappa shape index (κ2) is 19.9. The molecule has 12 rings (SSSR count). The summed E-state index contributed by atoms with van der Waals surface area (Å²) in [7, 11) is 0. The summed E-state index contributed by atoms with van der Waals surface area (Å²) >= 11 is 0. The summed E-state index contributed by atoms with van der Waals surface area (Å²) < 4.78 is 147. The Balaban J connectivity index is 0.977. The van der Waals surface area contributed by atoms with Crippen molar-refractivity contribution in [3.05, 3.63) is 241 Å². The van der Waals surface area contributed by atoms with Crippen molar-refractivity contribution >= 4 is 44.6 Å². The summed E-state index contributed by atoms with van der Waals surface area (Å²) in [4.78, 5) is 8.78. The number of para-hydroxylation sites is 3. The fourth-order valence-electron chi connectivity index (χ4n) is 10.1. The number of fused-ring (bicyclic) bond motifs is 4. The van der Waals surface area contributed by atoms with E-state index in [1.807, 2.05) is 105 Å². The molecule has 3 heterocycles. The Hall–Kier alpha value is -8.87. The van der Waals surface area contributed by atoms with Gasteiger partial charge in [0.1, 0.15) is 35.5 Å². The molecule has 0 aliphatic carbocycles. The molecule has 2 aromatic heterocycles. The van der Waals surface area contributed by atoms with Gasteiger partial charge in [-0.25, -0.2) is 4.98 Å². The van der Waals surface area contributed by atoms with Crippen LogP contribution in [-0.2, 0) is 0 Å². The van der Waals surface area contributed by atoms with Gasteiger partial charge >= 0.3 is 0 Å². The highest BCUT2D eigenvalue weighted by Gasteiger charge is 2.31. The fourth-order valence-corrected chi connectivity index (χ4v) is 10.1. The standard InChI is InChI=1S/C69H60N4O2/c1-45(2)52-39-60(46(3)4)69(61(40-52)47(5)6)75-56-36-37-70-67(43-56)73-63-35-32-51(48-20-10-7-11-21-48)38-62(63)59-34-33-55(42-66(59)73)74-54-27-18-26-53(41-54)71-44-72(65-31-17-16-30-64(65)71)68-57(49-22-12-8-13-23-49)28-19-29-58(68)50-24-14-9-15-25-50/h7-43,45-47H,44H2,1-6H3/i7D,8D,9D,10D,11D,12D,13D,14D,15D,20D,21D,22D,23D,24D,25D. The van der Waals surface area contributed by atoms with E-state index in [9.17, 15) is 0 Å². The maximum atomic E-state index is 9.12. The average molecular weight is 992 g/mol. The molecule has 6 heteroatoms. The van der Waals surface area contributed by atoms with Gasteiger partial charge < -0.3 is 19.3 Å². The molecule has 1 aliphatic rings. The summed E-state index contributed by atoms with van der Waals surface area (Å²) in [5, 5.41) is 1.46. The average Bonchev–Trinajstić information content (AvgIpc) is 1.40. The first kappa shape index (κ1) is 33.0. The van der Waals surface area contributed by atoms with E-state index >= 15 is 0 Å². The largest absolute Gasteiger partial charge is 0.457 e. The number of nitrogens with zero attached hydrogens (tertiary/aromatic N) is 4. The first-order valence-electron chi connectivity index (χ1n) is 32.5. The molecule has 0 unspecified atom stereocenters. The number of aromatic nitrogens is 2. The molecule has 11 aromatic rings. The summed E-state index contributed by atoms with van der Waals surface area (Å²) in [6.07, 6.45) is 1.70. The Bertz CT molecular complexity index is 4590. The van der Waals surface area contributed by atoms with E-state index in [1.165, 1.54) is 5.56 Å². The first-order chi connectivity index (χ1) is 42.9. The van der Waals surface area contributed by atoms with Crippen molar-refractivity contribution in [2.45, 2.75) is 59.3 Å². The van der Waals surface area contributed by atoms with Gasteiger partial charge in [0.2, 0.25) is 0 Å². The predicted molar refractivity (Wildman–Crippen MR) is 312 cm³/mol. The van der Waals surface area contributed by atoms with E-state index in [0.29, 0.717) is 68.0 Å². The highest BCUT2D eigenvalue weighted by molar-refractivity contribution is 6.11. The van der Waals surface area contributed by atoms with Gasteiger partial charge in [-0.05, 0) is 111 Å². The molecule has 0 saturated carbocycles. The van der Waals surface area contributed by atoms with Crippen molar-refractivity contribution in [2.24, 2.45) is 0 Å². The highest BCUT2D eigenvalue weighted by atomic mass is 16.5. The molecule has 9 aromatic carbocycles. The molecule has 368 valence electrons. The smallest absolute Gasteiger partial charge is 0.141 e. The zero-order chi connectivity index (χ0) is 64.2. The third kappa shape index (κ3) is 8.97. The summed E-state index contributed by atoms with van der Waals surface area (Å²) in [6, 6.07) is 31.6. The number of rotatable bonds is 13. The van der Waals surface area contributed by atoms with Gasteiger partial charge in [-0.15, -0.1) is 0 Å². The van der Waals surface area contributed by atoms with Gasteiger partial charge in [0.05, 0.1) is 48.7 Å². The van der Waals surface area contributed by atoms with Crippen molar-refractivity contribution in [2.75, 3.05) is 16.5 Å². The second-order valence-corrected chi connectivity index (χ2v) is 19.5. The number of anilines is 4. The van der Waals surface area contributed by atoms with Gasteiger partial charge in [0, 0.05) is 52.0 Å². The topological polar surface area (TPSA) is 42.8 Å². The predicted octanol–water partition coefficient (Wildman–Crippen LogP) is 19.4. The lowest BCUT2D eigenvalue weighted by Gasteiger charge is -2.27. The van der Waals surface area contributed by atoms with Gasteiger partial charge in [-0.2, -0.15) is 0 Å². The van der Waals surface area contributed by atoms with Crippen molar-refractivity contribution in [3.8, 4) is 62.2 Å². The SMILES string of the molecule is [2H]c1c([2H])c([2H])c(-c2ccc3c(c2)c2ccc(Oc4cccc(N5CN(c6c(-c7c([2H])c([2H])c([2H])c([2H])c7[2H])cccc6-c6c([2H])c([2H])c([2H])c([2H])c6[2H])c6ccccc65)c4)cc2n3-c2cc(Oc3c(C(C)C)cc(C(C)C)cc3C(C)C)ccn2)c([2H])c1[2H]. The van der Waals surface area contributed by atoms with Crippen LogP contribution in [0.1, 0.15) is 96.5 Å². The van der Waals surface area contributed by atoms with Crippen LogP contribution in [0.25, 0.3) is 61.0 Å². The normalized spacial score (nSPS) is 15.2. The maximum absolute atomic E-state index is 9.12. The van der Waals surface area contributed by atoms with Crippen LogP contribution in [0.3, 0.4) is 0 Å². The number of pyridine rings is 1. The van der Waals surface area contributed by atoms with Crippen molar-refractivity contribution in [1.29, 1.82) is 0 Å². The van der Waals surface area contributed by atoms with Gasteiger partial charge in [-0.1, -0.05) is 187 Å². The van der Waals surface area contributed by atoms with E-state index < -0.39 is 78.6 Å². The molecular formula is C69H60N4O2. The van der Waals surface area contributed by atoms with Gasteiger partial charge in [0.25, 0.3) is 0 Å². The Morgan fingerprint density at radius 1 is 0.467 bits per heavy atom. The van der Waals surface area contributed by atoms with Crippen molar-refractivity contribution < 1.29 is 30.0 Å². The van der Waals surface area contributed by atoms with Crippen LogP contribution in [0.15, 0.2) is 224 Å². The minimum Gasteiger partial charge on any atom is -0.457 e. The number of hydrogen-bond acceptors (Lipinski definition) is 5. The monoisotopic (exact) mass is 992 g/mol. The molecule has 0 radical (unpaired) electrons. The Morgan fingerprint density at radius 2 is 1.07 bits per heavy atom. The van der Waals surface area contributed by atoms with E-state index in [1.54, 1.807) is 30.5 Å². The fraction of sp³-hybridized carbons (Fsp3) is 0.145. The molecule has 0 bridgehead atoms. The quantitative estimate of drug-likeness (QED) is 0.115. The molecule has 6 nitrogen and oxygen atoms in total. The Morgan fingerprint density at radius 3 is 1.71 bits per heavy atom. The zero-order valence-corrected chi connectivity index (χ0v) is 42.2. The zero-order valence-electron chi connectivity index (χ0n) is 57.2. The lowest BCUT2D eigenvalue weighted by Crippen LogP contribution is -2.24. The molecule has 1 aliphatic heterocycles. The third-order valence-electron chi connectivity index (χ3n) is 13.7. The maximum Gasteiger partial charge on any atom is 0.141 e. The molecule has 0 saturated heterocycles. The van der Waals surface area contributed by atoms with Crippen LogP contribution in [0.5, 0.6) is 23.0 Å². The highest BCUT2D eigenvalue weighted by Crippen LogP contribution is 2.51. The van der Waals surface area contributed by atoms with E-state index in [0.717, 1.165) is 22.3 Å². The molecule has 0 fully saturated rings. The van der Waals surface area contributed by atoms with Crippen LogP contribution < -0.4 is 19.3 Å². The van der Waals surface area contributed by atoms with Crippen molar-refractivity contribution in [1.82, 2.24) is 9.55 Å². The van der Waals surface area contributed by atoms with Crippen LogP contribution in [0.4, 0.5) is 22.7 Å². The Labute approximate surface area is 461 Å². The lowest BCUT2D eigenvalue weighted by molar-refractivity contribution is 0.462. The molecule has 75 heavy (non-hydrogen) atoms. The van der Waals surface area contributed by atoms with Crippen LogP contribution in [0.2, 0.25) is 0 Å². The summed E-state index contributed by atoms with van der Waals surface area (Å²) in [5.41, 5.74) is 7.58. The molecule has 0 N–H and O–H groups in total. The van der Waals surface area contributed by atoms with Gasteiger partial charge in [0.15, 0.2) is 0 Å². The minimum atomic E-state index is -0.583. The van der Waals surface area contributed by atoms with Crippen molar-refractivity contribution in [3.63, 3.8) is 0 Å². The minimum absolute atomic E-state index is 0.0394. The molecule has 0 atom stereocenters. The third-order valence-corrected chi connectivity index (χ3v) is 13.7. The number of benzene rings is 9. The van der Waals surface area contributed by atoms with E-state index in [4.69, 9.17) is 35.0 Å². The summed E-state index contributed by atoms with van der Waals surface area (Å²) in [6.45, 7) is 13.1. The molecule has 0 spiro atoms.